The Hall–Kier alpha value is -0.120. The lowest BCUT2D eigenvalue weighted by Crippen LogP contribution is -2.49. The fraction of sp³-hybridized carbons (Fsp3) is 1.00. The molecule has 0 aromatic rings. The maximum atomic E-state index is 8.89. The zero-order valence-corrected chi connectivity index (χ0v) is 12.6. The molecule has 2 unspecified atom stereocenters. The normalized spacial score (nSPS) is 28.7. The second-order valence-corrected chi connectivity index (χ2v) is 6.62. The highest BCUT2D eigenvalue weighted by Crippen LogP contribution is 2.37. The van der Waals surface area contributed by atoms with Crippen LogP contribution in [-0.4, -0.2) is 48.8 Å². The largest absolute Gasteiger partial charge is 0.396 e. The first kappa shape index (κ1) is 15.3. The van der Waals surface area contributed by atoms with Gasteiger partial charge in [0.2, 0.25) is 0 Å². The van der Waals surface area contributed by atoms with E-state index in [2.05, 4.69) is 17.1 Å². The third-order valence-electron chi connectivity index (χ3n) is 4.57. The van der Waals surface area contributed by atoms with E-state index in [1.807, 2.05) is 0 Å². The molecule has 112 valence electrons. The Morgan fingerprint density at radius 1 is 1.16 bits per heavy atom. The van der Waals surface area contributed by atoms with Gasteiger partial charge in [-0.3, -0.25) is 0 Å². The SMILES string of the molecule is CCCCN1CC(CC2CC2)CC(NCCCO)C1. The molecule has 0 aromatic heterocycles. The first-order chi connectivity index (χ1) is 9.31. The number of aliphatic hydroxyl groups is 1. The van der Waals surface area contributed by atoms with Crippen LogP contribution in [0.1, 0.15) is 51.9 Å². The van der Waals surface area contributed by atoms with E-state index in [0.29, 0.717) is 12.6 Å². The smallest absolute Gasteiger partial charge is 0.0443 e. The lowest BCUT2D eigenvalue weighted by atomic mass is 9.89. The van der Waals surface area contributed by atoms with Crippen molar-refractivity contribution in [1.82, 2.24) is 10.2 Å². The van der Waals surface area contributed by atoms with Crippen molar-refractivity contribution < 1.29 is 5.11 Å². The highest BCUT2D eigenvalue weighted by Gasteiger charge is 2.31. The molecule has 2 aliphatic rings. The lowest BCUT2D eigenvalue weighted by molar-refractivity contribution is 0.130. The third-order valence-corrected chi connectivity index (χ3v) is 4.57. The number of unbranched alkanes of at least 4 members (excludes halogenated alkanes) is 1. The molecule has 3 nitrogen and oxygen atoms in total. The predicted molar refractivity (Wildman–Crippen MR) is 80.3 cm³/mol. The van der Waals surface area contributed by atoms with Gasteiger partial charge in [0.1, 0.15) is 0 Å². The summed E-state index contributed by atoms with van der Waals surface area (Å²) in [6.45, 7) is 7.38. The van der Waals surface area contributed by atoms with Crippen molar-refractivity contribution >= 4 is 0 Å². The third kappa shape index (κ3) is 5.80. The molecule has 19 heavy (non-hydrogen) atoms. The molecule has 2 rings (SSSR count). The van der Waals surface area contributed by atoms with Crippen molar-refractivity contribution in [3.05, 3.63) is 0 Å². The zero-order chi connectivity index (χ0) is 13.5. The average Bonchev–Trinajstić information content (AvgIpc) is 3.20. The van der Waals surface area contributed by atoms with Gasteiger partial charge >= 0.3 is 0 Å². The van der Waals surface area contributed by atoms with Crippen molar-refractivity contribution in [3.8, 4) is 0 Å². The number of aliphatic hydroxyl groups excluding tert-OH is 1. The summed E-state index contributed by atoms with van der Waals surface area (Å²) >= 11 is 0. The molecule has 0 amide bonds. The maximum Gasteiger partial charge on any atom is 0.0443 e. The van der Waals surface area contributed by atoms with Crippen molar-refractivity contribution in [1.29, 1.82) is 0 Å². The summed E-state index contributed by atoms with van der Waals surface area (Å²) in [5.41, 5.74) is 0. The number of piperidine rings is 1. The molecule has 1 aliphatic heterocycles. The number of nitrogens with one attached hydrogen (secondary N) is 1. The van der Waals surface area contributed by atoms with Crippen LogP contribution >= 0.6 is 0 Å². The van der Waals surface area contributed by atoms with Gasteiger partial charge in [-0.25, -0.2) is 0 Å². The van der Waals surface area contributed by atoms with Gasteiger partial charge in [-0.1, -0.05) is 26.2 Å². The van der Waals surface area contributed by atoms with E-state index in [4.69, 9.17) is 5.11 Å². The minimum Gasteiger partial charge on any atom is -0.396 e. The highest BCUT2D eigenvalue weighted by atomic mass is 16.3. The maximum absolute atomic E-state index is 8.89. The number of rotatable bonds is 9. The summed E-state index contributed by atoms with van der Waals surface area (Å²) in [5.74, 6) is 1.96. The molecule has 3 heteroatoms. The minimum atomic E-state index is 0.310. The van der Waals surface area contributed by atoms with Gasteiger partial charge in [-0.15, -0.1) is 0 Å². The first-order valence-corrected chi connectivity index (χ1v) is 8.38. The molecule has 1 saturated carbocycles. The van der Waals surface area contributed by atoms with E-state index in [-0.39, 0.29) is 0 Å². The predicted octanol–water partition coefficient (Wildman–Crippen LogP) is 2.25. The number of nitrogens with zero attached hydrogens (tertiary/aromatic N) is 1. The molecule has 0 bridgehead atoms. The second-order valence-electron chi connectivity index (χ2n) is 6.62. The van der Waals surface area contributed by atoms with Crippen molar-refractivity contribution in [2.24, 2.45) is 11.8 Å². The molecule has 2 N–H and O–H groups in total. The Kier molecular flexibility index (Phi) is 6.62. The first-order valence-electron chi connectivity index (χ1n) is 8.38. The van der Waals surface area contributed by atoms with E-state index >= 15 is 0 Å². The van der Waals surface area contributed by atoms with Crippen LogP contribution in [0.4, 0.5) is 0 Å². The van der Waals surface area contributed by atoms with Gasteiger partial charge in [-0.2, -0.15) is 0 Å². The quantitative estimate of drug-likeness (QED) is 0.630. The van der Waals surface area contributed by atoms with Crippen LogP contribution < -0.4 is 5.32 Å². The Morgan fingerprint density at radius 3 is 2.68 bits per heavy atom. The number of likely N-dealkylation sites (tertiary alicyclic amines) is 1. The lowest BCUT2D eigenvalue weighted by Gasteiger charge is -2.38. The summed E-state index contributed by atoms with van der Waals surface area (Å²) in [6.07, 6.45) is 9.29. The van der Waals surface area contributed by atoms with Crippen LogP contribution in [0.2, 0.25) is 0 Å². The average molecular weight is 268 g/mol. The molecule has 0 radical (unpaired) electrons. The molecular weight excluding hydrogens is 236 g/mol. The van der Waals surface area contributed by atoms with E-state index in [0.717, 1.165) is 24.8 Å². The standard InChI is InChI=1S/C16H32N2O/c1-2-3-8-18-12-15(10-14-5-6-14)11-16(13-18)17-7-4-9-19/h14-17,19H,2-13H2,1H3. The Balaban J connectivity index is 1.76. The van der Waals surface area contributed by atoms with Crippen molar-refractivity contribution in [3.63, 3.8) is 0 Å². The van der Waals surface area contributed by atoms with Crippen LogP contribution in [0.5, 0.6) is 0 Å². The summed E-state index contributed by atoms with van der Waals surface area (Å²) in [6, 6.07) is 0.654. The van der Waals surface area contributed by atoms with Crippen molar-refractivity contribution in [2.45, 2.75) is 57.9 Å². The summed E-state index contributed by atoms with van der Waals surface area (Å²) < 4.78 is 0. The Labute approximate surface area is 118 Å². The van der Waals surface area contributed by atoms with Gasteiger partial charge in [0.15, 0.2) is 0 Å². The van der Waals surface area contributed by atoms with Gasteiger partial charge < -0.3 is 15.3 Å². The summed E-state index contributed by atoms with van der Waals surface area (Å²) in [4.78, 5) is 2.68. The van der Waals surface area contributed by atoms with Gasteiger partial charge in [0.05, 0.1) is 0 Å². The topological polar surface area (TPSA) is 35.5 Å². The fourth-order valence-electron chi connectivity index (χ4n) is 3.40. The Morgan fingerprint density at radius 2 is 2.00 bits per heavy atom. The van der Waals surface area contributed by atoms with Crippen LogP contribution in [0, 0.1) is 11.8 Å². The molecular formula is C16H32N2O. The summed E-state index contributed by atoms with van der Waals surface area (Å²) in [7, 11) is 0. The second kappa shape index (κ2) is 8.23. The molecule has 2 atom stereocenters. The van der Waals surface area contributed by atoms with Gasteiger partial charge in [0.25, 0.3) is 0 Å². The minimum absolute atomic E-state index is 0.310. The molecule has 1 aliphatic carbocycles. The van der Waals surface area contributed by atoms with Gasteiger partial charge in [-0.05, 0) is 50.6 Å². The van der Waals surface area contributed by atoms with Crippen LogP contribution in [0.3, 0.4) is 0 Å². The van der Waals surface area contributed by atoms with E-state index < -0.39 is 0 Å². The van der Waals surface area contributed by atoms with Crippen LogP contribution in [-0.2, 0) is 0 Å². The Bertz CT molecular complexity index is 243. The molecule has 2 fully saturated rings. The van der Waals surface area contributed by atoms with Crippen molar-refractivity contribution in [2.75, 3.05) is 32.8 Å². The molecule has 1 saturated heterocycles. The summed E-state index contributed by atoms with van der Waals surface area (Å²) in [5, 5.41) is 12.5. The van der Waals surface area contributed by atoms with E-state index in [1.54, 1.807) is 0 Å². The van der Waals surface area contributed by atoms with Crippen LogP contribution in [0.15, 0.2) is 0 Å². The molecule has 0 aromatic carbocycles. The molecule has 0 spiro atoms. The highest BCUT2D eigenvalue weighted by molar-refractivity contribution is 4.87. The molecule has 1 heterocycles. The fourth-order valence-corrected chi connectivity index (χ4v) is 3.40. The number of hydrogen-bond acceptors (Lipinski definition) is 3. The van der Waals surface area contributed by atoms with Gasteiger partial charge in [0, 0.05) is 25.7 Å². The van der Waals surface area contributed by atoms with Crippen LogP contribution in [0.25, 0.3) is 0 Å². The van der Waals surface area contributed by atoms with E-state index in [9.17, 15) is 0 Å². The monoisotopic (exact) mass is 268 g/mol. The number of hydrogen-bond donors (Lipinski definition) is 2. The van der Waals surface area contributed by atoms with E-state index in [1.165, 1.54) is 58.2 Å². The zero-order valence-electron chi connectivity index (χ0n) is 12.6.